The van der Waals surface area contributed by atoms with Crippen molar-refractivity contribution in [2.75, 3.05) is 12.4 Å². The lowest BCUT2D eigenvalue weighted by atomic mass is 9.97. The maximum atomic E-state index is 11.9. The van der Waals surface area contributed by atoms with Gasteiger partial charge in [0.05, 0.1) is 12.1 Å². The molecule has 0 spiro atoms. The Morgan fingerprint density at radius 2 is 2.10 bits per heavy atom. The van der Waals surface area contributed by atoms with Crippen molar-refractivity contribution in [1.29, 1.82) is 0 Å². The normalized spacial score (nSPS) is 13.1. The first-order chi connectivity index (χ1) is 9.82. The van der Waals surface area contributed by atoms with Gasteiger partial charge in [-0.3, -0.25) is 0 Å². The fourth-order valence-electron chi connectivity index (χ4n) is 1.88. The maximum Gasteiger partial charge on any atom is 0.329 e. The smallest absolute Gasteiger partial charge is 0.329 e. The maximum absolute atomic E-state index is 11.9. The SMILES string of the molecule is CCCC(C)(NC(=O)Nc1ccc(OC)c(Cl)c1)C(=O)O. The quantitative estimate of drug-likeness (QED) is 0.753. The Hall–Kier alpha value is -1.95. The van der Waals surface area contributed by atoms with Gasteiger partial charge in [-0.1, -0.05) is 24.9 Å². The highest BCUT2D eigenvalue weighted by Gasteiger charge is 2.33. The number of ether oxygens (including phenoxy) is 1. The third-order valence-corrected chi connectivity index (χ3v) is 3.32. The van der Waals surface area contributed by atoms with Crippen LogP contribution in [0.25, 0.3) is 0 Å². The van der Waals surface area contributed by atoms with Crippen LogP contribution in [0.4, 0.5) is 10.5 Å². The summed E-state index contributed by atoms with van der Waals surface area (Å²) in [7, 11) is 1.49. The van der Waals surface area contributed by atoms with Crippen LogP contribution in [0.1, 0.15) is 26.7 Å². The van der Waals surface area contributed by atoms with E-state index < -0.39 is 17.5 Å². The second-order valence-corrected chi connectivity index (χ2v) is 5.22. The number of amides is 2. The van der Waals surface area contributed by atoms with E-state index >= 15 is 0 Å². The molecular formula is C14H19ClN2O4. The number of anilines is 1. The van der Waals surface area contributed by atoms with Crippen molar-refractivity contribution in [2.24, 2.45) is 0 Å². The highest BCUT2D eigenvalue weighted by Crippen LogP contribution is 2.27. The van der Waals surface area contributed by atoms with Crippen molar-refractivity contribution < 1.29 is 19.4 Å². The Morgan fingerprint density at radius 1 is 1.43 bits per heavy atom. The van der Waals surface area contributed by atoms with Crippen LogP contribution < -0.4 is 15.4 Å². The van der Waals surface area contributed by atoms with E-state index in [0.29, 0.717) is 29.3 Å². The van der Waals surface area contributed by atoms with Crippen LogP contribution in [0.3, 0.4) is 0 Å². The van der Waals surface area contributed by atoms with Crippen molar-refractivity contribution in [1.82, 2.24) is 5.32 Å². The van der Waals surface area contributed by atoms with Crippen LogP contribution in [0.15, 0.2) is 18.2 Å². The fourth-order valence-corrected chi connectivity index (χ4v) is 2.14. The van der Waals surface area contributed by atoms with Gasteiger partial charge in [-0.2, -0.15) is 0 Å². The number of methoxy groups -OCH3 is 1. The molecule has 0 saturated heterocycles. The lowest BCUT2D eigenvalue weighted by molar-refractivity contribution is -0.143. The first kappa shape index (κ1) is 17.1. The highest BCUT2D eigenvalue weighted by molar-refractivity contribution is 6.32. The first-order valence-corrected chi connectivity index (χ1v) is 6.86. The number of carbonyl (C=O) groups is 2. The van der Waals surface area contributed by atoms with Gasteiger partial charge in [-0.05, 0) is 31.5 Å². The fraction of sp³-hybridized carbons (Fsp3) is 0.429. The van der Waals surface area contributed by atoms with E-state index in [-0.39, 0.29) is 0 Å². The highest BCUT2D eigenvalue weighted by atomic mass is 35.5. The summed E-state index contributed by atoms with van der Waals surface area (Å²) in [6, 6.07) is 4.15. The second-order valence-electron chi connectivity index (χ2n) is 4.82. The second kappa shape index (κ2) is 7.17. The van der Waals surface area contributed by atoms with Gasteiger partial charge in [0.2, 0.25) is 0 Å². The monoisotopic (exact) mass is 314 g/mol. The molecule has 0 heterocycles. The number of carbonyl (C=O) groups excluding carboxylic acids is 1. The van der Waals surface area contributed by atoms with Gasteiger partial charge in [-0.25, -0.2) is 9.59 Å². The number of hydrogen-bond acceptors (Lipinski definition) is 3. The van der Waals surface area contributed by atoms with Gasteiger partial charge in [0.25, 0.3) is 0 Å². The summed E-state index contributed by atoms with van der Waals surface area (Å²) in [5, 5.41) is 14.6. The predicted octanol–water partition coefficient (Wildman–Crippen LogP) is 3.11. The van der Waals surface area contributed by atoms with Crippen LogP contribution in [0, 0.1) is 0 Å². The number of carboxylic acid groups (broad SMARTS) is 1. The van der Waals surface area contributed by atoms with Gasteiger partial charge < -0.3 is 20.5 Å². The van der Waals surface area contributed by atoms with Gasteiger partial charge >= 0.3 is 12.0 Å². The van der Waals surface area contributed by atoms with Crippen LogP contribution >= 0.6 is 11.6 Å². The number of halogens is 1. The summed E-state index contributed by atoms with van der Waals surface area (Å²) in [5.41, 5.74) is -0.864. The average molecular weight is 315 g/mol. The zero-order valence-corrected chi connectivity index (χ0v) is 13.0. The third-order valence-electron chi connectivity index (χ3n) is 3.02. The summed E-state index contributed by atoms with van der Waals surface area (Å²) in [5.74, 6) is -0.587. The number of urea groups is 1. The molecule has 1 aromatic carbocycles. The van der Waals surface area contributed by atoms with E-state index in [1.54, 1.807) is 12.1 Å². The van der Waals surface area contributed by atoms with Crippen molar-refractivity contribution >= 4 is 29.3 Å². The summed E-state index contributed by atoms with van der Waals surface area (Å²) in [6.45, 7) is 3.32. The molecule has 116 valence electrons. The molecule has 1 rings (SSSR count). The molecule has 21 heavy (non-hydrogen) atoms. The molecule has 3 N–H and O–H groups in total. The molecule has 1 atom stereocenters. The molecule has 0 aliphatic heterocycles. The van der Waals surface area contributed by atoms with Crippen LogP contribution in [0.5, 0.6) is 5.75 Å². The van der Waals surface area contributed by atoms with E-state index in [9.17, 15) is 14.7 Å². The van der Waals surface area contributed by atoms with E-state index in [2.05, 4.69) is 10.6 Å². The molecule has 1 unspecified atom stereocenters. The van der Waals surface area contributed by atoms with Crippen molar-refractivity contribution in [2.45, 2.75) is 32.2 Å². The molecule has 0 aliphatic rings. The number of aliphatic carboxylic acids is 1. The van der Waals surface area contributed by atoms with Crippen molar-refractivity contribution in [3.8, 4) is 5.75 Å². The number of nitrogens with one attached hydrogen (secondary N) is 2. The summed E-state index contributed by atoms with van der Waals surface area (Å²) in [6.07, 6.45) is 0.969. The molecule has 0 saturated carbocycles. The molecule has 1 aromatic rings. The largest absolute Gasteiger partial charge is 0.495 e. The standard InChI is InChI=1S/C14H19ClN2O4/c1-4-7-14(2,12(18)19)17-13(20)16-9-5-6-11(21-3)10(15)8-9/h5-6,8H,4,7H2,1-3H3,(H,18,19)(H2,16,17,20). The molecule has 0 aromatic heterocycles. The van der Waals surface area contributed by atoms with E-state index in [4.69, 9.17) is 16.3 Å². The minimum absolute atomic E-state index is 0.332. The van der Waals surface area contributed by atoms with Gasteiger partial charge in [0, 0.05) is 5.69 Å². The van der Waals surface area contributed by atoms with Crippen LogP contribution in [-0.4, -0.2) is 29.8 Å². The third kappa shape index (κ3) is 4.53. The van der Waals surface area contributed by atoms with E-state index in [0.717, 1.165) is 0 Å². The number of hydrogen-bond donors (Lipinski definition) is 3. The minimum Gasteiger partial charge on any atom is -0.495 e. The number of benzene rings is 1. The molecule has 0 radical (unpaired) electrons. The molecule has 7 heteroatoms. The van der Waals surface area contributed by atoms with E-state index in [1.807, 2.05) is 6.92 Å². The average Bonchev–Trinajstić information content (AvgIpc) is 2.38. The zero-order chi connectivity index (χ0) is 16.0. The number of rotatable bonds is 6. The van der Waals surface area contributed by atoms with Crippen molar-refractivity contribution in [3.63, 3.8) is 0 Å². The van der Waals surface area contributed by atoms with E-state index in [1.165, 1.54) is 20.1 Å². The van der Waals surface area contributed by atoms with Gasteiger partial charge in [0.15, 0.2) is 0 Å². The molecule has 6 nitrogen and oxygen atoms in total. The zero-order valence-electron chi connectivity index (χ0n) is 12.2. The summed E-state index contributed by atoms with van der Waals surface area (Å²) < 4.78 is 5.01. The molecule has 0 bridgehead atoms. The predicted molar refractivity (Wildman–Crippen MR) is 81.1 cm³/mol. The Morgan fingerprint density at radius 3 is 2.57 bits per heavy atom. The molecule has 2 amide bonds. The van der Waals surface area contributed by atoms with Gasteiger partial charge in [-0.15, -0.1) is 0 Å². The Kier molecular flexibility index (Phi) is 5.84. The summed E-state index contributed by atoms with van der Waals surface area (Å²) >= 11 is 5.96. The topological polar surface area (TPSA) is 87.7 Å². The molecule has 0 aliphatic carbocycles. The molecular weight excluding hydrogens is 296 g/mol. The number of carboxylic acids is 1. The lowest BCUT2D eigenvalue weighted by Gasteiger charge is -2.25. The van der Waals surface area contributed by atoms with Crippen molar-refractivity contribution in [3.05, 3.63) is 23.2 Å². The van der Waals surface area contributed by atoms with Gasteiger partial charge in [0.1, 0.15) is 11.3 Å². The Labute approximate surface area is 128 Å². The lowest BCUT2D eigenvalue weighted by Crippen LogP contribution is -2.53. The first-order valence-electron chi connectivity index (χ1n) is 6.48. The Bertz CT molecular complexity index is 536. The summed E-state index contributed by atoms with van der Waals surface area (Å²) in [4.78, 5) is 23.2. The Balaban J connectivity index is 2.77. The van der Waals surface area contributed by atoms with Crippen LogP contribution in [0.2, 0.25) is 5.02 Å². The van der Waals surface area contributed by atoms with Crippen LogP contribution in [-0.2, 0) is 4.79 Å². The molecule has 0 fully saturated rings. The minimum atomic E-state index is -1.31.